The molecule has 2 nitrogen and oxygen atoms in total. The molecule has 0 saturated heterocycles. The van der Waals surface area contributed by atoms with E-state index in [0.717, 1.165) is 33.7 Å². The van der Waals surface area contributed by atoms with Crippen molar-refractivity contribution < 1.29 is 9.13 Å². The first-order valence-corrected chi connectivity index (χ1v) is 9.35. The molecule has 0 radical (unpaired) electrons. The van der Waals surface area contributed by atoms with Crippen molar-refractivity contribution in [2.75, 3.05) is 0 Å². The molecule has 1 aliphatic heterocycles. The second-order valence-corrected chi connectivity index (χ2v) is 7.86. The van der Waals surface area contributed by atoms with Crippen molar-refractivity contribution in [3.05, 3.63) is 101 Å². The standard InChI is InChI=1S/C25H22FNO/c1-25(2,3)24-27-21-12-8-7-11-20(21)23(28-24)22(17-9-5-4-6-10-17)18-13-15-19(26)16-14-18/h4-16H,1-3H3. The van der Waals surface area contributed by atoms with Crippen molar-refractivity contribution in [2.45, 2.75) is 20.8 Å². The van der Waals surface area contributed by atoms with Crippen LogP contribution in [0.3, 0.4) is 0 Å². The van der Waals surface area contributed by atoms with Crippen molar-refractivity contribution in [3.63, 3.8) is 0 Å². The van der Waals surface area contributed by atoms with E-state index in [0.29, 0.717) is 5.90 Å². The Bertz CT molecular complexity index is 1060. The van der Waals surface area contributed by atoms with Crippen LogP contribution in [0.25, 0.3) is 11.3 Å². The van der Waals surface area contributed by atoms with Gasteiger partial charge in [-0.2, -0.15) is 0 Å². The molecule has 3 aromatic carbocycles. The maximum atomic E-state index is 13.6. The van der Waals surface area contributed by atoms with Crippen LogP contribution < -0.4 is 0 Å². The van der Waals surface area contributed by atoms with Gasteiger partial charge in [-0.1, -0.05) is 75.4 Å². The predicted octanol–water partition coefficient (Wildman–Crippen LogP) is 6.85. The largest absolute Gasteiger partial charge is 0.441 e. The molecule has 1 heterocycles. The Morgan fingerprint density at radius 3 is 2.07 bits per heavy atom. The van der Waals surface area contributed by atoms with E-state index in [1.54, 1.807) is 12.1 Å². The van der Waals surface area contributed by atoms with E-state index in [2.05, 4.69) is 20.8 Å². The van der Waals surface area contributed by atoms with Gasteiger partial charge in [0.1, 0.15) is 11.6 Å². The minimum absolute atomic E-state index is 0.247. The number of nitrogens with zero attached hydrogens (tertiary/aromatic N) is 1. The zero-order chi connectivity index (χ0) is 19.7. The van der Waals surface area contributed by atoms with Crippen LogP contribution in [0, 0.1) is 11.2 Å². The lowest BCUT2D eigenvalue weighted by Crippen LogP contribution is -2.25. The predicted molar refractivity (Wildman–Crippen MR) is 113 cm³/mol. The van der Waals surface area contributed by atoms with E-state index in [9.17, 15) is 4.39 Å². The highest BCUT2D eigenvalue weighted by Gasteiger charge is 2.30. The molecule has 0 aromatic heterocycles. The molecule has 3 aromatic rings. The van der Waals surface area contributed by atoms with Crippen LogP contribution >= 0.6 is 0 Å². The first kappa shape index (κ1) is 18.2. The summed E-state index contributed by atoms with van der Waals surface area (Å²) >= 11 is 0. The number of hydrogen-bond acceptors (Lipinski definition) is 2. The van der Waals surface area contributed by atoms with Crippen molar-refractivity contribution in [1.29, 1.82) is 0 Å². The molecule has 0 unspecified atom stereocenters. The lowest BCUT2D eigenvalue weighted by Gasteiger charge is -2.29. The lowest BCUT2D eigenvalue weighted by atomic mass is 9.91. The zero-order valence-electron chi connectivity index (χ0n) is 16.2. The van der Waals surface area contributed by atoms with Crippen LogP contribution in [0.1, 0.15) is 37.5 Å². The Balaban J connectivity index is 2.03. The third-order valence-electron chi connectivity index (χ3n) is 4.63. The SMILES string of the molecule is CC(C)(C)C1=Nc2ccccc2C(=C(c2ccccc2)c2ccc(F)cc2)O1. The van der Waals surface area contributed by atoms with E-state index in [1.807, 2.05) is 54.6 Å². The van der Waals surface area contributed by atoms with Crippen LogP contribution in [-0.2, 0) is 4.74 Å². The maximum Gasteiger partial charge on any atom is 0.200 e. The minimum Gasteiger partial charge on any atom is -0.441 e. The van der Waals surface area contributed by atoms with Gasteiger partial charge in [0.05, 0.1) is 5.69 Å². The Hall–Kier alpha value is -3.20. The first-order chi connectivity index (χ1) is 13.4. The molecule has 0 bridgehead atoms. The van der Waals surface area contributed by atoms with Crippen molar-refractivity contribution in [1.82, 2.24) is 0 Å². The maximum absolute atomic E-state index is 13.6. The van der Waals surface area contributed by atoms with Gasteiger partial charge in [-0.3, -0.25) is 0 Å². The molecule has 0 amide bonds. The molecule has 3 heteroatoms. The lowest BCUT2D eigenvalue weighted by molar-refractivity contribution is 0.403. The number of aliphatic imine (C=N–C) groups is 1. The van der Waals surface area contributed by atoms with E-state index in [4.69, 9.17) is 9.73 Å². The van der Waals surface area contributed by atoms with Gasteiger partial charge in [-0.25, -0.2) is 9.38 Å². The van der Waals surface area contributed by atoms with Crippen molar-refractivity contribution in [3.8, 4) is 0 Å². The van der Waals surface area contributed by atoms with Gasteiger partial charge >= 0.3 is 0 Å². The van der Waals surface area contributed by atoms with Crippen LogP contribution in [0.15, 0.2) is 83.9 Å². The number of halogens is 1. The highest BCUT2D eigenvalue weighted by atomic mass is 19.1. The van der Waals surface area contributed by atoms with Crippen molar-refractivity contribution in [2.24, 2.45) is 10.4 Å². The number of para-hydroxylation sites is 1. The summed E-state index contributed by atoms with van der Waals surface area (Å²) in [6.07, 6.45) is 0. The van der Waals surface area contributed by atoms with Crippen LogP contribution in [0.2, 0.25) is 0 Å². The topological polar surface area (TPSA) is 21.6 Å². The summed E-state index contributed by atoms with van der Waals surface area (Å²) in [6.45, 7) is 6.24. The number of hydrogen-bond donors (Lipinski definition) is 0. The number of fused-ring (bicyclic) bond motifs is 1. The van der Waals surface area contributed by atoms with Gasteiger partial charge in [0.2, 0.25) is 5.90 Å². The third kappa shape index (κ3) is 3.48. The quantitative estimate of drug-likeness (QED) is 0.483. The van der Waals surface area contributed by atoms with Gasteiger partial charge in [-0.05, 0) is 35.4 Å². The molecule has 1 aliphatic rings. The van der Waals surface area contributed by atoms with Gasteiger partial charge in [-0.15, -0.1) is 0 Å². The molecular formula is C25H22FNO. The molecule has 0 spiro atoms. The van der Waals surface area contributed by atoms with E-state index in [-0.39, 0.29) is 11.2 Å². The highest BCUT2D eigenvalue weighted by molar-refractivity contribution is 6.04. The fraction of sp³-hybridized carbons (Fsp3) is 0.160. The Morgan fingerprint density at radius 1 is 0.786 bits per heavy atom. The summed E-state index contributed by atoms with van der Waals surface area (Å²) in [6, 6.07) is 24.6. The second kappa shape index (κ2) is 7.08. The minimum atomic E-state index is -0.261. The smallest absolute Gasteiger partial charge is 0.200 e. The van der Waals surface area contributed by atoms with Gasteiger partial charge in [0.25, 0.3) is 0 Å². The summed E-state index contributed by atoms with van der Waals surface area (Å²) in [4.78, 5) is 4.75. The molecular weight excluding hydrogens is 349 g/mol. The monoisotopic (exact) mass is 371 g/mol. The Morgan fingerprint density at radius 2 is 1.39 bits per heavy atom. The molecule has 0 aliphatic carbocycles. The highest BCUT2D eigenvalue weighted by Crippen LogP contribution is 2.42. The number of benzene rings is 3. The van der Waals surface area contributed by atoms with E-state index in [1.165, 1.54) is 12.1 Å². The normalized spacial score (nSPS) is 15.4. The summed E-state index contributed by atoms with van der Waals surface area (Å²) in [5, 5.41) is 0. The van der Waals surface area contributed by atoms with Gasteiger partial charge in [0, 0.05) is 16.6 Å². The average molecular weight is 371 g/mol. The third-order valence-corrected chi connectivity index (χ3v) is 4.63. The summed E-state index contributed by atoms with van der Waals surface area (Å²) in [5.74, 6) is 1.15. The molecule has 0 saturated carbocycles. The Labute approximate surface area is 165 Å². The van der Waals surface area contributed by atoms with Crippen LogP contribution in [0.5, 0.6) is 0 Å². The fourth-order valence-electron chi connectivity index (χ4n) is 3.20. The second-order valence-electron chi connectivity index (χ2n) is 7.86. The van der Waals surface area contributed by atoms with E-state index >= 15 is 0 Å². The summed E-state index contributed by atoms with van der Waals surface area (Å²) < 4.78 is 20.0. The van der Waals surface area contributed by atoms with E-state index < -0.39 is 0 Å². The fourth-order valence-corrected chi connectivity index (χ4v) is 3.20. The Kier molecular flexibility index (Phi) is 4.60. The number of ether oxygens (including phenoxy) is 1. The van der Waals surface area contributed by atoms with Crippen LogP contribution in [0.4, 0.5) is 10.1 Å². The molecule has 140 valence electrons. The molecule has 4 rings (SSSR count). The summed E-state index contributed by atoms with van der Waals surface area (Å²) in [7, 11) is 0. The van der Waals surface area contributed by atoms with Gasteiger partial charge in [0.15, 0.2) is 0 Å². The molecule has 0 atom stereocenters. The number of rotatable bonds is 2. The van der Waals surface area contributed by atoms with Gasteiger partial charge < -0.3 is 4.74 Å². The first-order valence-electron chi connectivity index (χ1n) is 9.35. The molecule has 28 heavy (non-hydrogen) atoms. The van der Waals surface area contributed by atoms with Crippen molar-refractivity contribution >= 4 is 22.9 Å². The molecule has 0 fully saturated rings. The zero-order valence-corrected chi connectivity index (χ0v) is 16.2. The van der Waals surface area contributed by atoms with Crippen LogP contribution in [-0.4, -0.2) is 5.90 Å². The summed E-state index contributed by atoms with van der Waals surface area (Å²) in [5.41, 5.74) is 4.39. The average Bonchev–Trinajstić information content (AvgIpc) is 2.69. The molecule has 0 N–H and O–H groups in total.